The highest BCUT2D eigenvalue weighted by Crippen LogP contribution is 2.31. The van der Waals surface area contributed by atoms with Crippen molar-refractivity contribution in [3.8, 4) is 5.75 Å². The maximum absolute atomic E-state index is 9.26. The van der Waals surface area contributed by atoms with E-state index in [1.165, 1.54) is 0 Å². The summed E-state index contributed by atoms with van der Waals surface area (Å²) in [6, 6.07) is 9.01. The molecule has 0 atom stereocenters. The largest absolute Gasteiger partial charge is 0.508 e. The van der Waals surface area contributed by atoms with Gasteiger partial charge in [0.25, 0.3) is 0 Å². The lowest BCUT2D eigenvalue weighted by atomic mass is 10.3. The Morgan fingerprint density at radius 2 is 1.89 bits per heavy atom. The summed E-state index contributed by atoms with van der Waals surface area (Å²) in [5.74, 6) is 0.267. The first kappa shape index (κ1) is 11.1. The molecular formula is C13H11N3OS. The standard InChI is InChI=1S/C13H11N3OS/c1-16-8-15-12-11(16)6-7-14-13(12)18-10-4-2-9(17)3-5-10/h2-8,17H,1H3. The van der Waals surface area contributed by atoms with Gasteiger partial charge in [-0.3, -0.25) is 0 Å². The second kappa shape index (κ2) is 4.34. The summed E-state index contributed by atoms with van der Waals surface area (Å²) in [5.41, 5.74) is 1.96. The summed E-state index contributed by atoms with van der Waals surface area (Å²) >= 11 is 1.54. The molecule has 0 radical (unpaired) electrons. The van der Waals surface area contributed by atoms with Gasteiger partial charge in [0.1, 0.15) is 16.3 Å². The molecule has 0 amide bonds. The van der Waals surface area contributed by atoms with Crippen molar-refractivity contribution in [2.45, 2.75) is 9.92 Å². The van der Waals surface area contributed by atoms with E-state index in [9.17, 15) is 5.11 Å². The van der Waals surface area contributed by atoms with Gasteiger partial charge in [0.05, 0.1) is 11.8 Å². The van der Waals surface area contributed by atoms with Crippen LogP contribution < -0.4 is 0 Å². The molecule has 0 aliphatic carbocycles. The Bertz CT molecular complexity index is 691. The summed E-state index contributed by atoms with van der Waals surface area (Å²) in [4.78, 5) is 9.75. The summed E-state index contributed by atoms with van der Waals surface area (Å²) in [7, 11) is 1.96. The third-order valence-corrected chi connectivity index (χ3v) is 3.66. The molecule has 4 nitrogen and oxygen atoms in total. The summed E-state index contributed by atoms with van der Waals surface area (Å²) in [6.45, 7) is 0. The lowest BCUT2D eigenvalue weighted by molar-refractivity contribution is 0.475. The highest BCUT2D eigenvalue weighted by molar-refractivity contribution is 7.99. The fourth-order valence-corrected chi connectivity index (χ4v) is 2.60. The van der Waals surface area contributed by atoms with E-state index < -0.39 is 0 Å². The van der Waals surface area contributed by atoms with Gasteiger partial charge in [-0.25, -0.2) is 9.97 Å². The Labute approximate surface area is 108 Å². The number of phenols is 1. The molecule has 0 unspecified atom stereocenters. The number of aromatic nitrogens is 3. The molecule has 0 fully saturated rings. The number of pyridine rings is 1. The Balaban J connectivity index is 2.02. The molecule has 1 N–H and O–H groups in total. The fraction of sp³-hybridized carbons (Fsp3) is 0.0769. The second-order valence-electron chi connectivity index (χ2n) is 3.94. The van der Waals surface area contributed by atoms with E-state index in [2.05, 4.69) is 9.97 Å². The van der Waals surface area contributed by atoms with Gasteiger partial charge in [-0.15, -0.1) is 0 Å². The van der Waals surface area contributed by atoms with Gasteiger partial charge >= 0.3 is 0 Å². The normalized spacial score (nSPS) is 10.9. The topological polar surface area (TPSA) is 50.9 Å². The fourth-order valence-electron chi connectivity index (χ4n) is 1.74. The van der Waals surface area contributed by atoms with Gasteiger partial charge in [-0.2, -0.15) is 0 Å². The van der Waals surface area contributed by atoms with E-state index in [-0.39, 0.29) is 5.75 Å². The van der Waals surface area contributed by atoms with E-state index in [0.29, 0.717) is 0 Å². The zero-order chi connectivity index (χ0) is 12.5. The van der Waals surface area contributed by atoms with Crippen LogP contribution in [0, 0.1) is 0 Å². The zero-order valence-corrected chi connectivity index (χ0v) is 10.6. The first-order valence-corrected chi connectivity index (χ1v) is 6.28. The van der Waals surface area contributed by atoms with Crippen LogP contribution in [0.4, 0.5) is 0 Å². The quantitative estimate of drug-likeness (QED) is 0.767. The predicted octanol–water partition coefficient (Wildman–Crippen LogP) is 2.83. The average molecular weight is 257 g/mol. The molecule has 5 heteroatoms. The van der Waals surface area contributed by atoms with Crippen LogP contribution in [0.15, 0.2) is 52.8 Å². The van der Waals surface area contributed by atoms with Crippen molar-refractivity contribution >= 4 is 22.8 Å². The number of benzene rings is 1. The molecule has 0 saturated carbocycles. The molecular weight excluding hydrogens is 246 g/mol. The number of aryl methyl sites for hydroxylation is 1. The van der Waals surface area contributed by atoms with Crippen molar-refractivity contribution in [1.82, 2.24) is 14.5 Å². The number of nitrogens with zero attached hydrogens (tertiary/aromatic N) is 3. The average Bonchev–Trinajstić information content (AvgIpc) is 2.76. The number of imidazole rings is 1. The van der Waals surface area contributed by atoms with Crippen molar-refractivity contribution in [2.24, 2.45) is 7.05 Å². The van der Waals surface area contributed by atoms with E-state index in [0.717, 1.165) is 21.0 Å². The van der Waals surface area contributed by atoms with Crippen LogP contribution >= 0.6 is 11.8 Å². The van der Waals surface area contributed by atoms with Crippen LogP contribution in [0.5, 0.6) is 5.75 Å². The SMILES string of the molecule is Cn1cnc2c(Sc3ccc(O)cc3)nccc21. The number of fused-ring (bicyclic) bond motifs is 1. The van der Waals surface area contributed by atoms with E-state index in [1.54, 1.807) is 36.4 Å². The van der Waals surface area contributed by atoms with Gasteiger partial charge in [-0.1, -0.05) is 11.8 Å². The minimum atomic E-state index is 0.267. The number of aromatic hydroxyl groups is 1. The van der Waals surface area contributed by atoms with E-state index >= 15 is 0 Å². The molecule has 0 aliphatic rings. The Morgan fingerprint density at radius 3 is 2.67 bits per heavy atom. The van der Waals surface area contributed by atoms with Crippen LogP contribution in [0.25, 0.3) is 11.0 Å². The first-order valence-electron chi connectivity index (χ1n) is 5.47. The third kappa shape index (κ3) is 1.93. The zero-order valence-electron chi connectivity index (χ0n) is 9.74. The number of phenolic OH excluding ortho intramolecular Hbond substituents is 1. The summed E-state index contributed by atoms with van der Waals surface area (Å²) in [6.07, 6.45) is 3.57. The van der Waals surface area contributed by atoms with Crippen LogP contribution in [-0.2, 0) is 7.05 Å². The predicted molar refractivity (Wildman–Crippen MR) is 70.7 cm³/mol. The van der Waals surface area contributed by atoms with Crippen LogP contribution in [0.1, 0.15) is 0 Å². The molecule has 3 aromatic rings. The maximum atomic E-state index is 9.26. The second-order valence-corrected chi connectivity index (χ2v) is 5.00. The Kier molecular flexibility index (Phi) is 2.68. The molecule has 90 valence electrons. The summed E-state index contributed by atoms with van der Waals surface area (Å²) in [5, 5.41) is 10.1. The minimum absolute atomic E-state index is 0.267. The van der Waals surface area contributed by atoms with E-state index in [1.807, 2.05) is 29.8 Å². The molecule has 18 heavy (non-hydrogen) atoms. The van der Waals surface area contributed by atoms with Crippen LogP contribution in [-0.4, -0.2) is 19.6 Å². The third-order valence-electron chi connectivity index (χ3n) is 2.66. The van der Waals surface area contributed by atoms with Gasteiger partial charge in [-0.05, 0) is 30.3 Å². The first-order chi connectivity index (χ1) is 8.74. The highest BCUT2D eigenvalue weighted by atomic mass is 32.2. The van der Waals surface area contributed by atoms with Crippen molar-refractivity contribution in [3.63, 3.8) is 0 Å². The molecule has 2 heterocycles. The van der Waals surface area contributed by atoms with Crippen molar-refractivity contribution in [1.29, 1.82) is 0 Å². The smallest absolute Gasteiger partial charge is 0.129 e. The van der Waals surface area contributed by atoms with Gasteiger partial charge in [0.2, 0.25) is 0 Å². The van der Waals surface area contributed by atoms with Crippen LogP contribution in [0.3, 0.4) is 0 Å². The van der Waals surface area contributed by atoms with Crippen LogP contribution in [0.2, 0.25) is 0 Å². The van der Waals surface area contributed by atoms with Crippen molar-refractivity contribution in [2.75, 3.05) is 0 Å². The summed E-state index contributed by atoms with van der Waals surface area (Å²) < 4.78 is 1.97. The lowest BCUT2D eigenvalue weighted by Crippen LogP contribution is -1.86. The lowest BCUT2D eigenvalue weighted by Gasteiger charge is -2.02. The number of hydrogen-bond acceptors (Lipinski definition) is 4. The van der Waals surface area contributed by atoms with Crippen molar-refractivity contribution in [3.05, 3.63) is 42.9 Å². The molecule has 0 spiro atoms. The molecule has 0 bridgehead atoms. The monoisotopic (exact) mass is 257 g/mol. The number of rotatable bonds is 2. The minimum Gasteiger partial charge on any atom is -0.508 e. The maximum Gasteiger partial charge on any atom is 0.129 e. The highest BCUT2D eigenvalue weighted by Gasteiger charge is 2.08. The molecule has 1 aromatic carbocycles. The van der Waals surface area contributed by atoms with Gasteiger partial charge < -0.3 is 9.67 Å². The number of hydrogen-bond donors (Lipinski definition) is 1. The van der Waals surface area contributed by atoms with Crippen molar-refractivity contribution < 1.29 is 5.11 Å². The van der Waals surface area contributed by atoms with E-state index in [4.69, 9.17) is 0 Å². The Hall–Kier alpha value is -2.01. The molecule has 2 aromatic heterocycles. The van der Waals surface area contributed by atoms with Gasteiger partial charge in [0, 0.05) is 18.1 Å². The molecule has 3 rings (SSSR count). The molecule has 0 saturated heterocycles. The molecule has 0 aliphatic heterocycles. The van der Waals surface area contributed by atoms with Gasteiger partial charge in [0.15, 0.2) is 0 Å². The Morgan fingerprint density at radius 1 is 1.11 bits per heavy atom.